The van der Waals surface area contributed by atoms with Gasteiger partial charge in [-0.1, -0.05) is 206 Å². The molecular formula is C68H44N2S. The molecule has 0 unspecified atom stereocenters. The van der Waals surface area contributed by atoms with Gasteiger partial charge in [0.25, 0.3) is 0 Å². The van der Waals surface area contributed by atoms with Crippen LogP contribution in [-0.2, 0) is 0 Å². The fourth-order valence-electron chi connectivity index (χ4n) is 11.1. The zero-order valence-corrected chi connectivity index (χ0v) is 39.5. The Bertz CT molecular complexity index is 4320. The van der Waals surface area contributed by atoms with Crippen LogP contribution >= 0.6 is 11.3 Å². The van der Waals surface area contributed by atoms with E-state index < -0.39 is 0 Å². The van der Waals surface area contributed by atoms with Gasteiger partial charge in [0.1, 0.15) is 0 Å². The molecule has 0 saturated heterocycles. The fourth-order valence-corrected chi connectivity index (χ4v) is 12.4. The second-order valence-electron chi connectivity index (χ2n) is 18.4. The zero-order valence-electron chi connectivity index (χ0n) is 38.7. The van der Waals surface area contributed by atoms with Crippen molar-refractivity contribution in [3.63, 3.8) is 0 Å². The molecule has 0 aliphatic heterocycles. The second-order valence-corrected chi connectivity index (χ2v) is 19.4. The monoisotopic (exact) mass is 920 g/mol. The van der Waals surface area contributed by atoms with E-state index in [0.29, 0.717) is 0 Å². The van der Waals surface area contributed by atoms with E-state index >= 15 is 0 Å². The van der Waals surface area contributed by atoms with E-state index in [9.17, 15) is 0 Å². The number of thiophene rings is 1. The minimum atomic E-state index is 1.09. The normalized spacial score (nSPS) is 11.7. The number of hydrogen-bond donors (Lipinski definition) is 0. The van der Waals surface area contributed by atoms with Gasteiger partial charge in [-0.3, -0.25) is 0 Å². The summed E-state index contributed by atoms with van der Waals surface area (Å²) in [6.45, 7) is 0. The van der Waals surface area contributed by atoms with Crippen molar-refractivity contribution in [1.29, 1.82) is 0 Å². The lowest BCUT2D eigenvalue weighted by Crippen LogP contribution is -2.10. The lowest BCUT2D eigenvalue weighted by molar-refractivity contribution is 1.20. The molecule has 0 amide bonds. The SMILES string of the molecule is c1ccc(-c2ccc(N(c3ccc(-c4cccc(-c5cccc6ccccc56)c4)cc3)c3ccc(-c4cccc5c4c4ccccc4n5-c4cccc5ccccc45)cc3)c3c2sc2ccccc23)cc1. The average Bonchev–Trinajstić information content (AvgIpc) is 4.00. The third-order valence-electron chi connectivity index (χ3n) is 14.4. The van der Waals surface area contributed by atoms with Gasteiger partial charge in [-0.2, -0.15) is 0 Å². The van der Waals surface area contributed by atoms with Crippen LogP contribution < -0.4 is 4.90 Å². The van der Waals surface area contributed by atoms with E-state index in [1.54, 1.807) is 0 Å². The number of benzene rings is 12. The molecule has 0 saturated carbocycles. The van der Waals surface area contributed by atoms with Crippen molar-refractivity contribution in [2.45, 2.75) is 0 Å². The predicted octanol–water partition coefficient (Wildman–Crippen LogP) is 19.6. The van der Waals surface area contributed by atoms with E-state index in [1.807, 2.05) is 11.3 Å². The Morgan fingerprint density at radius 2 is 0.859 bits per heavy atom. The van der Waals surface area contributed by atoms with E-state index in [1.165, 1.54) is 114 Å². The molecule has 0 fully saturated rings. The molecule has 2 nitrogen and oxygen atoms in total. The van der Waals surface area contributed by atoms with Gasteiger partial charge in [-0.05, 0) is 121 Å². The second kappa shape index (κ2) is 16.9. The molecule has 0 radical (unpaired) electrons. The molecule has 332 valence electrons. The lowest BCUT2D eigenvalue weighted by Gasteiger charge is -2.27. The Labute approximate surface area is 416 Å². The van der Waals surface area contributed by atoms with E-state index in [-0.39, 0.29) is 0 Å². The molecule has 0 N–H and O–H groups in total. The molecule has 12 aromatic carbocycles. The molecule has 14 rings (SSSR count). The summed E-state index contributed by atoms with van der Waals surface area (Å²) in [6.07, 6.45) is 0. The topological polar surface area (TPSA) is 8.17 Å². The Morgan fingerprint density at radius 3 is 1.66 bits per heavy atom. The molecule has 3 heteroatoms. The maximum atomic E-state index is 2.46. The number of rotatable bonds is 8. The van der Waals surface area contributed by atoms with Crippen LogP contribution in [-0.4, -0.2) is 4.57 Å². The number of aromatic nitrogens is 1. The molecule has 2 heterocycles. The first kappa shape index (κ1) is 41.0. The van der Waals surface area contributed by atoms with Crippen molar-refractivity contribution in [1.82, 2.24) is 4.57 Å². The van der Waals surface area contributed by atoms with Gasteiger partial charge in [0.2, 0.25) is 0 Å². The molecule has 71 heavy (non-hydrogen) atoms. The number of hydrogen-bond acceptors (Lipinski definition) is 2. The minimum absolute atomic E-state index is 1.09. The molecule has 0 spiro atoms. The molecule has 0 atom stereocenters. The highest BCUT2D eigenvalue weighted by molar-refractivity contribution is 7.26. The van der Waals surface area contributed by atoms with Crippen LogP contribution in [0.2, 0.25) is 0 Å². The number of anilines is 3. The van der Waals surface area contributed by atoms with Gasteiger partial charge in [-0.25, -0.2) is 0 Å². The number of fused-ring (bicyclic) bond motifs is 8. The molecule has 14 aromatic rings. The van der Waals surface area contributed by atoms with E-state index in [4.69, 9.17) is 0 Å². The Hall–Kier alpha value is -9.02. The quantitative estimate of drug-likeness (QED) is 0.147. The predicted molar refractivity (Wildman–Crippen MR) is 305 cm³/mol. The summed E-state index contributed by atoms with van der Waals surface area (Å²) in [7, 11) is 0. The van der Waals surface area contributed by atoms with Crippen LogP contribution in [0.4, 0.5) is 17.1 Å². The smallest absolute Gasteiger partial charge is 0.0555 e. The molecular weight excluding hydrogens is 877 g/mol. The fraction of sp³-hybridized carbons (Fsp3) is 0. The molecule has 2 aromatic heterocycles. The van der Waals surface area contributed by atoms with Gasteiger partial charge in [0.15, 0.2) is 0 Å². The number of para-hydroxylation sites is 1. The Kier molecular flexibility index (Phi) is 9.75. The molecule has 0 aliphatic rings. The molecule has 0 aliphatic carbocycles. The van der Waals surface area contributed by atoms with E-state index in [2.05, 4.69) is 276 Å². The maximum absolute atomic E-state index is 2.46. The summed E-state index contributed by atoms with van der Waals surface area (Å²) in [5.74, 6) is 0. The average molecular weight is 921 g/mol. The summed E-state index contributed by atoms with van der Waals surface area (Å²) in [6, 6.07) is 97.9. The van der Waals surface area contributed by atoms with Gasteiger partial charge in [0, 0.05) is 47.7 Å². The van der Waals surface area contributed by atoms with Gasteiger partial charge in [0.05, 0.1) is 22.4 Å². The van der Waals surface area contributed by atoms with Crippen LogP contribution in [0, 0.1) is 0 Å². The van der Waals surface area contributed by atoms with Crippen molar-refractivity contribution in [3.8, 4) is 50.2 Å². The third kappa shape index (κ3) is 6.85. The highest BCUT2D eigenvalue weighted by atomic mass is 32.1. The summed E-state index contributed by atoms with van der Waals surface area (Å²) in [4.78, 5) is 2.46. The Balaban J connectivity index is 0.925. The van der Waals surface area contributed by atoms with Gasteiger partial charge < -0.3 is 9.47 Å². The van der Waals surface area contributed by atoms with Crippen LogP contribution in [0.1, 0.15) is 0 Å². The third-order valence-corrected chi connectivity index (χ3v) is 15.6. The summed E-state index contributed by atoms with van der Waals surface area (Å²) in [5, 5.41) is 9.99. The maximum Gasteiger partial charge on any atom is 0.0555 e. The van der Waals surface area contributed by atoms with E-state index in [0.717, 1.165) is 17.1 Å². The standard InChI is InChI=1S/C68H44N2S/c1-2-16-48(17-3-1)58-42-43-64(67-60-27-9-11-33-65(60)71-68(58)67)69(52-38-34-45(35-39-52)50-22-12-23-51(44-50)55-28-13-20-46-18-4-6-24-54(46)55)53-40-36-49(37-41-53)57-29-15-32-63-66(57)59-26-8-10-30-62(59)70(63)61-31-14-21-47-19-5-7-25-56(47)61/h1-44H. The number of nitrogens with zero attached hydrogens (tertiary/aromatic N) is 2. The van der Waals surface area contributed by atoms with Crippen molar-refractivity contribution < 1.29 is 0 Å². The Morgan fingerprint density at radius 1 is 0.310 bits per heavy atom. The van der Waals surface area contributed by atoms with Crippen molar-refractivity contribution in [2.75, 3.05) is 4.90 Å². The first-order chi connectivity index (χ1) is 35.2. The summed E-state index contributed by atoms with van der Waals surface area (Å²) < 4.78 is 5.01. The first-order valence-electron chi connectivity index (χ1n) is 24.3. The first-order valence-corrected chi connectivity index (χ1v) is 25.1. The van der Waals surface area contributed by atoms with Crippen LogP contribution in [0.15, 0.2) is 267 Å². The van der Waals surface area contributed by atoms with Gasteiger partial charge in [-0.15, -0.1) is 11.3 Å². The van der Waals surface area contributed by atoms with Crippen molar-refractivity contribution in [3.05, 3.63) is 267 Å². The largest absolute Gasteiger partial charge is 0.310 e. The highest BCUT2D eigenvalue weighted by Crippen LogP contribution is 2.49. The van der Waals surface area contributed by atoms with Crippen LogP contribution in [0.5, 0.6) is 0 Å². The summed E-state index contributed by atoms with van der Waals surface area (Å²) in [5.41, 5.74) is 16.6. The van der Waals surface area contributed by atoms with Crippen LogP contribution in [0.3, 0.4) is 0 Å². The highest BCUT2D eigenvalue weighted by Gasteiger charge is 2.23. The van der Waals surface area contributed by atoms with Crippen LogP contribution in [0.25, 0.3) is 114 Å². The van der Waals surface area contributed by atoms with Crippen molar-refractivity contribution >= 4 is 91.9 Å². The zero-order chi connectivity index (χ0) is 46.8. The summed E-state index contributed by atoms with van der Waals surface area (Å²) >= 11 is 1.88. The van der Waals surface area contributed by atoms with Crippen molar-refractivity contribution in [2.24, 2.45) is 0 Å². The minimum Gasteiger partial charge on any atom is -0.310 e. The lowest BCUT2D eigenvalue weighted by atomic mass is 9.95. The molecule has 0 bridgehead atoms. The van der Waals surface area contributed by atoms with Gasteiger partial charge >= 0.3 is 0 Å².